The van der Waals surface area contributed by atoms with Crippen molar-refractivity contribution in [2.75, 3.05) is 18.8 Å². The van der Waals surface area contributed by atoms with Gasteiger partial charge in [-0.25, -0.2) is 9.97 Å². The fourth-order valence-corrected chi connectivity index (χ4v) is 5.71. The van der Waals surface area contributed by atoms with E-state index in [4.69, 9.17) is 10.7 Å². The summed E-state index contributed by atoms with van der Waals surface area (Å²) in [5, 5.41) is 1.15. The van der Waals surface area contributed by atoms with Crippen LogP contribution < -0.4 is 5.73 Å². The zero-order valence-corrected chi connectivity index (χ0v) is 15.0. The third-order valence-corrected chi connectivity index (χ3v) is 6.38. The minimum absolute atomic E-state index is 0.697. The molecule has 2 atom stereocenters. The summed E-state index contributed by atoms with van der Waals surface area (Å²) >= 11 is 1.84. The fraction of sp³-hybridized carbons (Fsp3) is 0.667. The van der Waals surface area contributed by atoms with E-state index in [0.29, 0.717) is 5.82 Å². The SMILES string of the molecule is C[C@@H]1C[C@@H](C)CN(Cc2nc(N)c3c4c(sc3n2)CCCC4)C1. The maximum atomic E-state index is 6.32. The standard InChI is InChI=1S/C18H26N4S/c1-11-7-12(2)9-22(8-11)10-15-20-17(19)16-13-5-3-4-6-14(13)23-18(16)21-15/h11-12H,3-10H2,1-2H3,(H2,19,20,21)/t11-,12-/m1/s1. The van der Waals surface area contributed by atoms with Crippen LogP contribution >= 0.6 is 11.3 Å². The molecule has 0 bridgehead atoms. The van der Waals surface area contributed by atoms with Crippen LogP contribution in [0.3, 0.4) is 0 Å². The van der Waals surface area contributed by atoms with Crippen LogP contribution in [0, 0.1) is 11.8 Å². The number of nitrogens with zero attached hydrogens (tertiary/aromatic N) is 3. The molecule has 4 rings (SSSR count). The summed E-state index contributed by atoms with van der Waals surface area (Å²) < 4.78 is 0. The summed E-state index contributed by atoms with van der Waals surface area (Å²) in [5.74, 6) is 3.11. The van der Waals surface area contributed by atoms with Crippen LogP contribution in [0.4, 0.5) is 5.82 Å². The highest BCUT2D eigenvalue weighted by Gasteiger charge is 2.24. The van der Waals surface area contributed by atoms with Crippen molar-refractivity contribution < 1.29 is 0 Å². The predicted octanol–water partition coefficient (Wildman–Crippen LogP) is 3.63. The molecule has 1 saturated heterocycles. The lowest BCUT2D eigenvalue weighted by molar-refractivity contribution is 0.131. The van der Waals surface area contributed by atoms with Gasteiger partial charge in [0, 0.05) is 18.0 Å². The Labute approximate surface area is 142 Å². The van der Waals surface area contributed by atoms with Gasteiger partial charge in [0.1, 0.15) is 16.5 Å². The van der Waals surface area contributed by atoms with E-state index in [2.05, 4.69) is 23.7 Å². The Kier molecular flexibility index (Phi) is 4.01. The average molecular weight is 331 g/mol. The molecule has 2 aromatic rings. The number of piperidine rings is 1. The number of likely N-dealkylation sites (tertiary alicyclic amines) is 1. The third-order valence-electron chi connectivity index (χ3n) is 5.20. The lowest BCUT2D eigenvalue weighted by Crippen LogP contribution is -2.38. The number of hydrogen-bond acceptors (Lipinski definition) is 5. The number of thiophene rings is 1. The third kappa shape index (κ3) is 2.96. The molecular weight excluding hydrogens is 304 g/mol. The molecule has 2 aromatic heterocycles. The average Bonchev–Trinajstić information content (AvgIpc) is 2.84. The van der Waals surface area contributed by atoms with Crippen molar-refractivity contribution in [1.82, 2.24) is 14.9 Å². The van der Waals surface area contributed by atoms with Gasteiger partial charge in [-0.2, -0.15) is 0 Å². The molecule has 1 aliphatic heterocycles. The van der Waals surface area contributed by atoms with E-state index in [1.807, 2.05) is 11.3 Å². The van der Waals surface area contributed by atoms with E-state index in [1.165, 1.54) is 36.1 Å². The van der Waals surface area contributed by atoms with E-state index in [-0.39, 0.29) is 0 Å². The van der Waals surface area contributed by atoms with Crippen LogP contribution in [0.15, 0.2) is 0 Å². The van der Waals surface area contributed by atoms with Crippen molar-refractivity contribution in [3.05, 3.63) is 16.3 Å². The number of aromatic nitrogens is 2. The molecule has 124 valence electrons. The van der Waals surface area contributed by atoms with E-state index < -0.39 is 0 Å². The Hall–Kier alpha value is -1.20. The molecule has 0 spiro atoms. The van der Waals surface area contributed by atoms with Gasteiger partial charge in [-0.05, 0) is 49.5 Å². The fourth-order valence-electron chi connectivity index (χ4n) is 4.42. The largest absolute Gasteiger partial charge is 0.383 e. The Morgan fingerprint density at radius 1 is 1.13 bits per heavy atom. The number of nitrogen functional groups attached to an aromatic ring is 1. The smallest absolute Gasteiger partial charge is 0.146 e. The quantitative estimate of drug-likeness (QED) is 0.913. The van der Waals surface area contributed by atoms with Crippen LogP contribution in [-0.2, 0) is 19.4 Å². The van der Waals surface area contributed by atoms with Crippen molar-refractivity contribution in [2.45, 2.75) is 52.5 Å². The number of fused-ring (bicyclic) bond motifs is 3. The number of nitrogens with two attached hydrogens (primary N) is 1. The van der Waals surface area contributed by atoms with Crippen LogP contribution in [0.2, 0.25) is 0 Å². The molecule has 2 N–H and O–H groups in total. The topological polar surface area (TPSA) is 55.0 Å². The first kappa shape index (κ1) is 15.3. The van der Waals surface area contributed by atoms with Crippen LogP contribution in [0.25, 0.3) is 10.2 Å². The van der Waals surface area contributed by atoms with E-state index in [9.17, 15) is 0 Å². The molecule has 23 heavy (non-hydrogen) atoms. The van der Waals surface area contributed by atoms with Gasteiger partial charge in [0.2, 0.25) is 0 Å². The highest BCUT2D eigenvalue weighted by atomic mass is 32.1. The minimum atomic E-state index is 0.697. The second-order valence-electron chi connectivity index (χ2n) is 7.56. The van der Waals surface area contributed by atoms with Crippen LogP contribution in [0.1, 0.15) is 49.4 Å². The second-order valence-corrected chi connectivity index (χ2v) is 8.64. The Morgan fingerprint density at radius 3 is 2.65 bits per heavy atom. The van der Waals surface area contributed by atoms with Gasteiger partial charge in [-0.15, -0.1) is 11.3 Å². The molecule has 0 unspecified atom stereocenters. The lowest BCUT2D eigenvalue weighted by atomic mass is 9.92. The van der Waals surface area contributed by atoms with Gasteiger partial charge >= 0.3 is 0 Å². The molecule has 2 aliphatic rings. The molecular formula is C18H26N4S. The summed E-state index contributed by atoms with van der Waals surface area (Å²) in [4.78, 5) is 14.6. The van der Waals surface area contributed by atoms with Crippen molar-refractivity contribution in [1.29, 1.82) is 0 Å². The minimum Gasteiger partial charge on any atom is -0.383 e. The maximum Gasteiger partial charge on any atom is 0.146 e. The molecule has 0 amide bonds. The summed E-state index contributed by atoms with van der Waals surface area (Å²) in [5.41, 5.74) is 7.75. The molecule has 3 heterocycles. The summed E-state index contributed by atoms with van der Waals surface area (Å²) in [6, 6.07) is 0. The van der Waals surface area contributed by atoms with Crippen molar-refractivity contribution in [2.24, 2.45) is 11.8 Å². The summed E-state index contributed by atoms with van der Waals surface area (Å²) in [6.45, 7) is 7.80. The number of anilines is 1. The molecule has 4 nitrogen and oxygen atoms in total. The molecule has 5 heteroatoms. The first-order valence-corrected chi connectivity index (χ1v) is 9.70. The van der Waals surface area contributed by atoms with Crippen molar-refractivity contribution >= 4 is 27.4 Å². The second kappa shape index (κ2) is 6.02. The molecule has 1 fully saturated rings. The van der Waals surface area contributed by atoms with Gasteiger partial charge in [-0.3, -0.25) is 4.90 Å². The van der Waals surface area contributed by atoms with E-state index >= 15 is 0 Å². The first-order valence-electron chi connectivity index (χ1n) is 8.89. The van der Waals surface area contributed by atoms with Gasteiger partial charge in [0.15, 0.2) is 0 Å². The van der Waals surface area contributed by atoms with Crippen LogP contribution in [0.5, 0.6) is 0 Å². The van der Waals surface area contributed by atoms with E-state index in [0.717, 1.165) is 53.9 Å². The Balaban J connectivity index is 1.63. The van der Waals surface area contributed by atoms with Crippen molar-refractivity contribution in [3.63, 3.8) is 0 Å². The Bertz CT molecular complexity index is 713. The Morgan fingerprint density at radius 2 is 1.87 bits per heavy atom. The van der Waals surface area contributed by atoms with Gasteiger partial charge < -0.3 is 5.73 Å². The predicted molar refractivity (Wildman–Crippen MR) is 96.7 cm³/mol. The first-order chi connectivity index (χ1) is 11.1. The maximum absolute atomic E-state index is 6.32. The lowest BCUT2D eigenvalue weighted by Gasteiger charge is -2.34. The number of aryl methyl sites for hydroxylation is 2. The monoisotopic (exact) mass is 330 g/mol. The van der Waals surface area contributed by atoms with Gasteiger partial charge in [-0.1, -0.05) is 13.8 Å². The van der Waals surface area contributed by atoms with E-state index in [1.54, 1.807) is 0 Å². The normalized spacial score (nSPS) is 25.7. The highest BCUT2D eigenvalue weighted by molar-refractivity contribution is 7.19. The zero-order chi connectivity index (χ0) is 16.0. The molecule has 0 radical (unpaired) electrons. The van der Waals surface area contributed by atoms with Gasteiger partial charge in [0.05, 0.1) is 11.9 Å². The number of rotatable bonds is 2. The molecule has 1 aliphatic carbocycles. The van der Waals surface area contributed by atoms with Crippen LogP contribution in [-0.4, -0.2) is 28.0 Å². The summed E-state index contributed by atoms with van der Waals surface area (Å²) in [6.07, 6.45) is 6.22. The molecule has 0 aromatic carbocycles. The van der Waals surface area contributed by atoms with Gasteiger partial charge in [0.25, 0.3) is 0 Å². The molecule has 0 saturated carbocycles. The summed E-state index contributed by atoms with van der Waals surface area (Å²) in [7, 11) is 0. The van der Waals surface area contributed by atoms with Crippen molar-refractivity contribution in [3.8, 4) is 0 Å². The zero-order valence-electron chi connectivity index (χ0n) is 14.1. The highest BCUT2D eigenvalue weighted by Crippen LogP contribution is 2.37. The number of hydrogen-bond donors (Lipinski definition) is 1.